The summed E-state index contributed by atoms with van der Waals surface area (Å²) in [6.45, 7) is -0.138. The van der Waals surface area contributed by atoms with Crippen LogP contribution in [0, 0.1) is 17.2 Å². The summed E-state index contributed by atoms with van der Waals surface area (Å²) in [5.74, 6) is -4.43. The highest BCUT2D eigenvalue weighted by atomic mass is 19.4. The Morgan fingerprint density at radius 2 is 1.92 bits per heavy atom. The molecule has 1 amide bonds. The Morgan fingerprint density at radius 1 is 1.24 bits per heavy atom. The molecule has 1 aliphatic carbocycles. The molecule has 0 aromatic heterocycles. The van der Waals surface area contributed by atoms with Gasteiger partial charge in [0.15, 0.2) is 0 Å². The normalized spacial score (nSPS) is 22.6. The van der Waals surface area contributed by atoms with Crippen molar-refractivity contribution in [1.82, 2.24) is 4.90 Å². The zero-order valence-corrected chi connectivity index (χ0v) is 13.3. The van der Waals surface area contributed by atoms with Gasteiger partial charge in [0.25, 0.3) is 5.91 Å². The third-order valence-corrected chi connectivity index (χ3v) is 5.41. The van der Waals surface area contributed by atoms with Crippen molar-refractivity contribution < 1.29 is 32.3 Å². The summed E-state index contributed by atoms with van der Waals surface area (Å²) in [6, 6.07) is 2.93. The van der Waals surface area contributed by atoms with Crippen LogP contribution in [0.25, 0.3) is 0 Å². The first-order chi connectivity index (χ1) is 11.6. The lowest BCUT2D eigenvalue weighted by Crippen LogP contribution is -2.57. The van der Waals surface area contributed by atoms with Gasteiger partial charge in [-0.2, -0.15) is 13.2 Å². The van der Waals surface area contributed by atoms with Gasteiger partial charge in [-0.25, -0.2) is 9.18 Å². The number of carbonyl (C=O) groups is 2. The number of benzene rings is 1. The van der Waals surface area contributed by atoms with Crippen LogP contribution in [0.2, 0.25) is 0 Å². The van der Waals surface area contributed by atoms with Crippen molar-refractivity contribution >= 4 is 11.9 Å². The average molecular weight is 359 g/mol. The fourth-order valence-electron chi connectivity index (χ4n) is 3.97. The number of carboxylic acids is 1. The summed E-state index contributed by atoms with van der Waals surface area (Å²) in [7, 11) is 0. The first-order valence-electron chi connectivity index (χ1n) is 8.03. The topological polar surface area (TPSA) is 57.6 Å². The van der Waals surface area contributed by atoms with Crippen LogP contribution in [0.3, 0.4) is 0 Å². The molecule has 1 aromatic rings. The number of aromatic carboxylic acids is 1. The van der Waals surface area contributed by atoms with Crippen LogP contribution in [0.5, 0.6) is 0 Å². The van der Waals surface area contributed by atoms with E-state index in [4.69, 9.17) is 5.11 Å². The second kappa shape index (κ2) is 6.00. The van der Waals surface area contributed by atoms with Crippen LogP contribution in [0.1, 0.15) is 46.4 Å². The summed E-state index contributed by atoms with van der Waals surface area (Å²) >= 11 is 0. The molecule has 25 heavy (non-hydrogen) atoms. The lowest BCUT2D eigenvalue weighted by Gasteiger charge is -2.54. The molecular weight excluding hydrogens is 342 g/mol. The lowest BCUT2D eigenvalue weighted by atomic mass is 9.58. The summed E-state index contributed by atoms with van der Waals surface area (Å²) < 4.78 is 53.9. The quantitative estimate of drug-likeness (QED) is 0.819. The van der Waals surface area contributed by atoms with Gasteiger partial charge in [-0.15, -0.1) is 0 Å². The second-order valence-electron chi connectivity index (χ2n) is 6.83. The number of rotatable bonds is 2. The second-order valence-corrected chi connectivity index (χ2v) is 6.83. The highest BCUT2D eigenvalue weighted by Crippen LogP contribution is 2.56. The smallest absolute Gasteiger partial charge is 0.392 e. The van der Waals surface area contributed by atoms with Gasteiger partial charge in [0.05, 0.1) is 17.0 Å². The molecule has 2 fully saturated rings. The van der Waals surface area contributed by atoms with Crippen LogP contribution < -0.4 is 0 Å². The summed E-state index contributed by atoms with van der Waals surface area (Å²) in [4.78, 5) is 24.6. The van der Waals surface area contributed by atoms with Gasteiger partial charge in [-0.3, -0.25) is 4.79 Å². The minimum atomic E-state index is -4.30. The number of carbonyl (C=O) groups excluding carboxylic acids is 1. The number of likely N-dealkylation sites (tertiary alicyclic amines) is 1. The van der Waals surface area contributed by atoms with Crippen LogP contribution in [-0.2, 0) is 0 Å². The van der Waals surface area contributed by atoms with Gasteiger partial charge in [0.1, 0.15) is 5.82 Å². The largest absolute Gasteiger partial charge is 0.478 e. The Balaban J connectivity index is 1.82. The zero-order chi connectivity index (χ0) is 18.4. The number of hydrogen-bond acceptors (Lipinski definition) is 2. The SMILES string of the molecule is O=C(O)c1ccc(C(=O)N2CCC(C(F)(F)F)C3(CCC3)C2)c(F)c1. The molecule has 1 spiro atoms. The van der Waals surface area contributed by atoms with Crippen molar-refractivity contribution in [2.75, 3.05) is 13.1 Å². The number of alkyl halides is 3. The Labute approximate surface area is 141 Å². The molecule has 8 heteroatoms. The van der Waals surface area contributed by atoms with Crippen LogP contribution >= 0.6 is 0 Å². The summed E-state index contributed by atoms with van der Waals surface area (Å²) in [5, 5.41) is 8.83. The highest BCUT2D eigenvalue weighted by molar-refractivity contribution is 5.96. The first kappa shape index (κ1) is 17.7. The van der Waals surface area contributed by atoms with Gasteiger partial charge in [-0.1, -0.05) is 6.42 Å². The van der Waals surface area contributed by atoms with Crippen molar-refractivity contribution in [2.45, 2.75) is 31.9 Å². The Morgan fingerprint density at radius 3 is 2.40 bits per heavy atom. The lowest BCUT2D eigenvalue weighted by molar-refractivity contribution is -0.235. The third kappa shape index (κ3) is 3.09. The molecule has 0 bridgehead atoms. The van der Waals surface area contributed by atoms with Gasteiger partial charge in [0, 0.05) is 13.1 Å². The maximum atomic E-state index is 14.1. The van der Waals surface area contributed by atoms with Gasteiger partial charge in [0.2, 0.25) is 0 Å². The molecule has 1 aromatic carbocycles. The average Bonchev–Trinajstić information content (AvgIpc) is 2.51. The predicted octanol–water partition coefficient (Wildman–Crippen LogP) is 3.72. The Kier molecular flexibility index (Phi) is 4.25. The van der Waals surface area contributed by atoms with E-state index in [1.54, 1.807) is 0 Å². The van der Waals surface area contributed by atoms with Gasteiger partial charge < -0.3 is 10.0 Å². The van der Waals surface area contributed by atoms with E-state index in [0.29, 0.717) is 19.3 Å². The standard InChI is InChI=1S/C17H17F4NO3/c18-12-8-10(15(24)25)2-3-11(12)14(23)22-7-4-13(17(19,20)21)16(9-22)5-1-6-16/h2-3,8,13H,1,4-7,9H2,(H,24,25). The van der Waals surface area contributed by atoms with Gasteiger partial charge in [-0.05, 0) is 42.9 Å². The fraction of sp³-hybridized carbons (Fsp3) is 0.529. The number of piperidine rings is 1. The molecule has 1 N–H and O–H groups in total. The summed E-state index contributed by atoms with van der Waals surface area (Å²) in [6.07, 6.45) is -2.99. The molecule has 1 saturated heterocycles. The zero-order valence-electron chi connectivity index (χ0n) is 13.3. The molecular formula is C17H17F4NO3. The Bertz CT molecular complexity index is 712. The van der Waals surface area contributed by atoms with Gasteiger partial charge >= 0.3 is 12.1 Å². The number of halogens is 4. The molecule has 1 atom stereocenters. The molecule has 3 rings (SSSR count). The third-order valence-electron chi connectivity index (χ3n) is 5.41. The predicted molar refractivity (Wildman–Crippen MR) is 79.7 cm³/mol. The molecule has 1 heterocycles. The van der Waals surface area contributed by atoms with E-state index in [1.807, 2.05) is 0 Å². The summed E-state index contributed by atoms with van der Waals surface area (Å²) in [5.41, 5.74) is -1.57. The molecule has 2 aliphatic rings. The minimum absolute atomic E-state index is 0.0455. The molecule has 0 radical (unpaired) electrons. The van der Waals surface area contributed by atoms with E-state index in [2.05, 4.69) is 0 Å². The van der Waals surface area contributed by atoms with Crippen molar-refractivity contribution in [1.29, 1.82) is 0 Å². The molecule has 4 nitrogen and oxygen atoms in total. The van der Waals surface area contributed by atoms with E-state index >= 15 is 0 Å². The monoisotopic (exact) mass is 359 g/mol. The van der Waals surface area contributed by atoms with Crippen molar-refractivity contribution in [3.63, 3.8) is 0 Å². The maximum Gasteiger partial charge on any atom is 0.392 e. The Hall–Kier alpha value is -2.12. The highest BCUT2D eigenvalue weighted by Gasteiger charge is 2.58. The van der Waals surface area contributed by atoms with E-state index in [1.165, 1.54) is 4.90 Å². The number of amides is 1. The number of nitrogens with zero attached hydrogens (tertiary/aromatic N) is 1. The first-order valence-corrected chi connectivity index (χ1v) is 8.03. The van der Waals surface area contributed by atoms with E-state index in [-0.39, 0.29) is 30.6 Å². The van der Waals surface area contributed by atoms with E-state index < -0.39 is 35.2 Å². The van der Waals surface area contributed by atoms with E-state index in [9.17, 15) is 27.2 Å². The van der Waals surface area contributed by atoms with Crippen LogP contribution in [0.4, 0.5) is 17.6 Å². The molecule has 1 unspecified atom stereocenters. The number of hydrogen-bond donors (Lipinski definition) is 1. The molecule has 136 valence electrons. The van der Waals surface area contributed by atoms with Crippen LogP contribution in [0.15, 0.2) is 18.2 Å². The fourth-order valence-corrected chi connectivity index (χ4v) is 3.97. The maximum absolute atomic E-state index is 14.1. The van der Waals surface area contributed by atoms with Crippen molar-refractivity contribution in [3.8, 4) is 0 Å². The van der Waals surface area contributed by atoms with Crippen molar-refractivity contribution in [3.05, 3.63) is 35.1 Å². The molecule has 1 aliphatic heterocycles. The van der Waals surface area contributed by atoms with E-state index in [0.717, 1.165) is 18.2 Å². The number of carboxylic acid groups (broad SMARTS) is 1. The van der Waals surface area contributed by atoms with Crippen LogP contribution in [-0.4, -0.2) is 41.1 Å². The minimum Gasteiger partial charge on any atom is -0.478 e. The molecule has 1 saturated carbocycles. The van der Waals surface area contributed by atoms with Crippen molar-refractivity contribution in [2.24, 2.45) is 11.3 Å².